The van der Waals surface area contributed by atoms with Crippen LogP contribution in [0.3, 0.4) is 0 Å². The zero-order valence-corrected chi connectivity index (χ0v) is 22.1. The number of nitrogens with one attached hydrogen (secondary N) is 2. The van der Waals surface area contributed by atoms with Crippen molar-refractivity contribution in [2.75, 3.05) is 30.9 Å². The first-order valence-electron chi connectivity index (χ1n) is 12.5. The van der Waals surface area contributed by atoms with Gasteiger partial charge in [0.15, 0.2) is 6.29 Å². The number of amides is 2. The molecule has 2 fully saturated rings. The summed E-state index contributed by atoms with van der Waals surface area (Å²) in [4.78, 5) is 32.8. The second kappa shape index (κ2) is 13.4. The SMILES string of the molecule is C=CCOCC(=O)Nc1cccc(-c2ccc([C@@]3(CC(=O)NOC4CCCCO4)CCCCS3)s2)c1. The molecule has 2 aliphatic rings. The number of carbonyl (C=O) groups excluding carboxylic acids is 2. The van der Waals surface area contributed by atoms with Crippen LogP contribution in [0.2, 0.25) is 0 Å². The third-order valence-corrected chi connectivity index (χ3v) is 9.28. The highest BCUT2D eigenvalue weighted by Crippen LogP contribution is 2.51. The lowest BCUT2D eigenvalue weighted by atomic mass is 9.94. The molecule has 2 aliphatic heterocycles. The molecule has 1 aromatic carbocycles. The fraction of sp³-hybridized carbons (Fsp3) is 0.481. The number of rotatable bonds is 11. The molecule has 2 saturated heterocycles. The molecule has 2 atom stereocenters. The van der Waals surface area contributed by atoms with E-state index in [1.54, 1.807) is 17.4 Å². The first kappa shape index (κ1) is 26.9. The van der Waals surface area contributed by atoms with E-state index in [4.69, 9.17) is 14.3 Å². The van der Waals surface area contributed by atoms with Gasteiger partial charge in [-0.2, -0.15) is 0 Å². The van der Waals surface area contributed by atoms with Crippen LogP contribution in [-0.2, 0) is 28.6 Å². The van der Waals surface area contributed by atoms with E-state index in [-0.39, 0.29) is 29.5 Å². The van der Waals surface area contributed by atoms with Crippen LogP contribution in [0, 0.1) is 0 Å². The second-order valence-corrected chi connectivity index (χ2v) is 11.6. The predicted molar refractivity (Wildman–Crippen MR) is 145 cm³/mol. The summed E-state index contributed by atoms with van der Waals surface area (Å²) in [5.41, 5.74) is 4.39. The fourth-order valence-corrected chi connectivity index (χ4v) is 7.31. The Hall–Kier alpha value is -2.17. The number of anilines is 1. The van der Waals surface area contributed by atoms with E-state index in [9.17, 15) is 9.59 Å². The smallest absolute Gasteiger partial charge is 0.250 e. The molecule has 0 aliphatic carbocycles. The molecule has 3 heterocycles. The molecule has 0 radical (unpaired) electrons. The van der Waals surface area contributed by atoms with Gasteiger partial charge in [-0.15, -0.1) is 29.7 Å². The Balaban J connectivity index is 1.43. The van der Waals surface area contributed by atoms with Crippen molar-refractivity contribution in [3.63, 3.8) is 0 Å². The summed E-state index contributed by atoms with van der Waals surface area (Å²) in [5, 5.41) is 2.88. The highest BCUT2D eigenvalue weighted by Gasteiger charge is 2.38. The van der Waals surface area contributed by atoms with Crippen molar-refractivity contribution in [1.82, 2.24) is 5.48 Å². The molecule has 2 N–H and O–H groups in total. The number of ether oxygens (including phenoxy) is 2. The van der Waals surface area contributed by atoms with E-state index >= 15 is 0 Å². The molecule has 0 bridgehead atoms. The van der Waals surface area contributed by atoms with Gasteiger partial charge >= 0.3 is 0 Å². The van der Waals surface area contributed by atoms with Crippen molar-refractivity contribution >= 4 is 40.6 Å². The van der Waals surface area contributed by atoms with Crippen LogP contribution in [0.4, 0.5) is 5.69 Å². The molecule has 4 rings (SSSR count). The van der Waals surface area contributed by atoms with Crippen molar-refractivity contribution in [2.45, 2.75) is 56.0 Å². The number of hydroxylamine groups is 1. The first-order chi connectivity index (χ1) is 17.6. The van der Waals surface area contributed by atoms with Crippen molar-refractivity contribution < 1.29 is 23.9 Å². The maximum atomic E-state index is 12.9. The largest absolute Gasteiger partial charge is 0.368 e. The van der Waals surface area contributed by atoms with Crippen LogP contribution in [0.15, 0.2) is 49.1 Å². The number of hydrogen-bond acceptors (Lipinski definition) is 7. The minimum Gasteiger partial charge on any atom is -0.368 e. The molecule has 1 aromatic heterocycles. The Morgan fingerprint density at radius 3 is 2.86 bits per heavy atom. The Morgan fingerprint density at radius 2 is 2.08 bits per heavy atom. The number of carbonyl (C=O) groups is 2. The molecule has 9 heteroatoms. The van der Waals surface area contributed by atoms with Crippen LogP contribution in [0.5, 0.6) is 0 Å². The van der Waals surface area contributed by atoms with Crippen molar-refractivity contribution in [1.29, 1.82) is 0 Å². The minimum atomic E-state index is -0.354. The molecular formula is C27H34N2O5S2. The Bertz CT molecular complexity index is 1030. The highest BCUT2D eigenvalue weighted by atomic mass is 32.2. The maximum Gasteiger partial charge on any atom is 0.250 e. The van der Waals surface area contributed by atoms with Crippen LogP contribution in [0.25, 0.3) is 10.4 Å². The van der Waals surface area contributed by atoms with Gasteiger partial charge in [0, 0.05) is 34.9 Å². The summed E-state index contributed by atoms with van der Waals surface area (Å²) < 4.78 is 10.5. The molecule has 36 heavy (non-hydrogen) atoms. The molecule has 2 amide bonds. The zero-order valence-electron chi connectivity index (χ0n) is 20.5. The summed E-state index contributed by atoms with van der Waals surface area (Å²) in [6.07, 6.45) is 7.72. The van der Waals surface area contributed by atoms with Crippen LogP contribution in [0.1, 0.15) is 49.8 Å². The average Bonchev–Trinajstić information content (AvgIpc) is 3.40. The van der Waals surface area contributed by atoms with Crippen LogP contribution in [-0.4, -0.2) is 43.7 Å². The molecule has 7 nitrogen and oxygen atoms in total. The van der Waals surface area contributed by atoms with Gasteiger partial charge in [-0.25, -0.2) is 10.3 Å². The second-order valence-electron chi connectivity index (χ2n) is 9.01. The van der Waals surface area contributed by atoms with E-state index in [0.717, 1.165) is 60.4 Å². The Morgan fingerprint density at radius 1 is 1.17 bits per heavy atom. The van der Waals surface area contributed by atoms with E-state index in [0.29, 0.717) is 19.6 Å². The lowest BCUT2D eigenvalue weighted by Gasteiger charge is -2.35. The van der Waals surface area contributed by atoms with E-state index in [2.05, 4.69) is 29.5 Å². The molecular weight excluding hydrogens is 496 g/mol. The number of hydrogen-bond donors (Lipinski definition) is 2. The topological polar surface area (TPSA) is 85.9 Å². The lowest BCUT2D eigenvalue weighted by molar-refractivity contribution is -0.200. The van der Waals surface area contributed by atoms with Crippen molar-refractivity contribution in [2.24, 2.45) is 0 Å². The Labute approximate surface area is 220 Å². The molecule has 0 saturated carbocycles. The summed E-state index contributed by atoms with van der Waals surface area (Å²) in [6.45, 7) is 4.57. The highest BCUT2D eigenvalue weighted by molar-refractivity contribution is 8.00. The first-order valence-corrected chi connectivity index (χ1v) is 14.3. The minimum absolute atomic E-state index is 0.0161. The lowest BCUT2D eigenvalue weighted by Crippen LogP contribution is -2.37. The van der Waals surface area contributed by atoms with Gasteiger partial charge in [0.05, 0.1) is 11.4 Å². The molecule has 0 spiro atoms. The van der Waals surface area contributed by atoms with Gasteiger partial charge in [0.1, 0.15) is 6.61 Å². The number of benzene rings is 1. The third-order valence-electron chi connectivity index (χ3n) is 6.20. The summed E-state index contributed by atoms with van der Waals surface area (Å²) in [5.74, 6) is 0.713. The van der Waals surface area contributed by atoms with Gasteiger partial charge < -0.3 is 14.8 Å². The summed E-state index contributed by atoms with van der Waals surface area (Å²) in [6, 6.07) is 12.0. The number of thioether (sulfide) groups is 1. The van der Waals surface area contributed by atoms with Gasteiger partial charge in [-0.05, 0) is 61.3 Å². The van der Waals surface area contributed by atoms with Crippen LogP contribution < -0.4 is 10.8 Å². The van der Waals surface area contributed by atoms with E-state index in [1.807, 2.05) is 36.0 Å². The summed E-state index contributed by atoms with van der Waals surface area (Å²) in [7, 11) is 0. The molecule has 1 unspecified atom stereocenters. The van der Waals surface area contributed by atoms with Crippen molar-refractivity contribution in [3.8, 4) is 10.4 Å². The van der Waals surface area contributed by atoms with Gasteiger partial charge in [-0.3, -0.25) is 9.59 Å². The van der Waals surface area contributed by atoms with Gasteiger partial charge in [-0.1, -0.05) is 24.6 Å². The zero-order chi connectivity index (χ0) is 25.2. The Kier molecular flexibility index (Phi) is 10.0. The standard InChI is InChI=1S/C27H34N2O5S2/c1-2-14-32-19-25(31)28-21-9-7-8-20(17-21)22-11-12-23(36-22)27(13-4-6-16-35-27)18-24(30)29-34-26-10-3-5-15-33-26/h2,7-9,11-12,17,26H,1,3-6,10,13-16,18-19H2,(H,28,31)(H,29,30)/t26?,27-/m0/s1. The molecule has 2 aromatic rings. The van der Waals surface area contributed by atoms with E-state index < -0.39 is 0 Å². The molecule has 194 valence electrons. The normalized spacial score (nSPS) is 22.1. The third kappa shape index (κ3) is 7.43. The van der Waals surface area contributed by atoms with Crippen molar-refractivity contribution in [3.05, 3.63) is 53.9 Å². The van der Waals surface area contributed by atoms with E-state index in [1.165, 1.54) is 4.88 Å². The maximum absolute atomic E-state index is 12.9. The number of thiophene rings is 1. The van der Waals surface area contributed by atoms with Gasteiger partial charge in [0.2, 0.25) is 11.8 Å². The average molecular weight is 531 g/mol. The summed E-state index contributed by atoms with van der Waals surface area (Å²) >= 11 is 3.58. The van der Waals surface area contributed by atoms with Crippen LogP contribution >= 0.6 is 23.1 Å². The van der Waals surface area contributed by atoms with Gasteiger partial charge in [0.25, 0.3) is 0 Å². The monoisotopic (exact) mass is 530 g/mol. The predicted octanol–water partition coefficient (Wildman–Crippen LogP) is 5.63. The fourth-order valence-electron chi connectivity index (χ4n) is 4.42. The quantitative estimate of drug-likeness (QED) is 0.222.